The minimum Gasteiger partial charge on any atom is -0.307 e. The van der Waals surface area contributed by atoms with Crippen LogP contribution in [0, 0.1) is 0 Å². The van der Waals surface area contributed by atoms with Crippen LogP contribution in [0.25, 0.3) is 5.65 Å². The van der Waals surface area contributed by atoms with Crippen LogP contribution in [-0.2, 0) is 18.7 Å². The number of hydrogen-bond donors (Lipinski definition) is 1. The molecule has 0 spiro atoms. The summed E-state index contributed by atoms with van der Waals surface area (Å²) < 4.78 is 3.68. The molecular weight excluding hydrogens is 334 g/mol. The Hall–Kier alpha value is -2.80. The molecule has 0 saturated carbocycles. The maximum absolute atomic E-state index is 12.0. The first kappa shape index (κ1) is 15.7. The highest BCUT2D eigenvalue weighted by Gasteiger charge is 2.10. The topological polar surface area (TPSA) is 68.0 Å². The molecule has 25 heavy (non-hydrogen) atoms. The molecule has 7 heteroatoms. The lowest BCUT2D eigenvalue weighted by Gasteiger charge is -2.05. The van der Waals surface area contributed by atoms with Gasteiger partial charge in [0.1, 0.15) is 5.65 Å². The van der Waals surface area contributed by atoms with Gasteiger partial charge in [-0.3, -0.25) is 4.57 Å². The average molecular weight is 351 g/mol. The number of nitrogens with zero attached hydrogens (tertiary/aromatic N) is 4. The van der Waals surface area contributed by atoms with Crippen molar-refractivity contribution in [2.24, 2.45) is 0 Å². The van der Waals surface area contributed by atoms with Gasteiger partial charge >= 0.3 is 5.69 Å². The molecule has 4 rings (SSSR count). The summed E-state index contributed by atoms with van der Waals surface area (Å²) in [6.07, 6.45) is 4.77. The Morgan fingerprint density at radius 1 is 1.08 bits per heavy atom. The van der Waals surface area contributed by atoms with Crippen LogP contribution in [0.3, 0.4) is 0 Å². The minimum absolute atomic E-state index is 0.173. The van der Waals surface area contributed by atoms with Gasteiger partial charge in [0.15, 0.2) is 5.16 Å². The average Bonchev–Trinajstić information content (AvgIpc) is 3.22. The number of fused-ring (bicyclic) bond motifs is 1. The van der Waals surface area contributed by atoms with Crippen molar-refractivity contribution in [1.82, 2.24) is 24.1 Å². The van der Waals surface area contributed by atoms with E-state index in [4.69, 9.17) is 0 Å². The van der Waals surface area contributed by atoms with E-state index in [-0.39, 0.29) is 5.69 Å². The Morgan fingerprint density at radius 3 is 2.76 bits per heavy atom. The molecule has 126 valence electrons. The number of aromatic nitrogens is 5. The number of thioether (sulfide) groups is 1. The zero-order valence-corrected chi connectivity index (χ0v) is 14.3. The number of aryl methyl sites for hydroxylation is 1. The molecule has 4 aromatic rings. The van der Waals surface area contributed by atoms with Crippen molar-refractivity contribution in [3.05, 3.63) is 82.7 Å². The molecule has 6 nitrogen and oxygen atoms in total. The maximum atomic E-state index is 12.0. The van der Waals surface area contributed by atoms with Crippen molar-refractivity contribution in [1.29, 1.82) is 0 Å². The Kier molecular flexibility index (Phi) is 4.39. The third-order valence-corrected chi connectivity index (χ3v) is 4.96. The molecule has 0 atom stereocenters. The predicted octanol–water partition coefficient (Wildman–Crippen LogP) is 2.75. The Morgan fingerprint density at radius 2 is 1.92 bits per heavy atom. The van der Waals surface area contributed by atoms with E-state index >= 15 is 0 Å². The van der Waals surface area contributed by atoms with Gasteiger partial charge in [0.2, 0.25) is 0 Å². The molecular formula is C18H17N5OS. The van der Waals surface area contributed by atoms with Crippen molar-refractivity contribution >= 4 is 17.4 Å². The first-order valence-electron chi connectivity index (χ1n) is 8.04. The molecule has 0 amide bonds. The molecule has 0 radical (unpaired) electrons. The first-order chi connectivity index (χ1) is 12.3. The normalized spacial score (nSPS) is 11.2. The molecule has 3 aromatic heterocycles. The van der Waals surface area contributed by atoms with Gasteiger partial charge in [-0.25, -0.2) is 14.9 Å². The Bertz CT molecular complexity index is 1000. The minimum atomic E-state index is -0.173. The molecule has 0 saturated heterocycles. The van der Waals surface area contributed by atoms with E-state index in [0.717, 1.165) is 17.8 Å². The third-order valence-electron chi connectivity index (χ3n) is 3.95. The summed E-state index contributed by atoms with van der Waals surface area (Å²) in [6.45, 7) is 0.604. The summed E-state index contributed by atoms with van der Waals surface area (Å²) in [5, 5.41) is 7.39. The quantitative estimate of drug-likeness (QED) is 0.543. The summed E-state index contributed by atoms with van der Waals surface area (Å²) >= 11 is 1.52. The van der Waals surface area contributed by atoms with Gasteiger partial charge in [-0.1, -0.05) is 48.2 Å². The van der Waals surface area contributed by atoms with Crippen molar-refractivity contribution in [2.75, 3.05) is 0 Å². The number of nitrogens with one attached hydrogen (secondary N) is 1. The van der Waals surface area contributed by atoms with Crippen LogP contribution in [-0.4, -0.2) is 24.1 Å². The first-order valence-corrected chi connectivity index (χ1v) is 9.03. The van der Waals surface area contributed by atoms with Gasteiger partial charge in [-0.05, 0) is 24.1 Å². The summed E-state index contributed by atoms with van der Waals surface area (Å²) in [6, 6.07) is 16.0. The highest BCUT2D eigenvalue weighted by Crippen LogP contribution is 2.20. The molecule has 1 aromatic carbocycles. The lowest BCUT2D eigenvalue weighted by Crippen LogP contribution is -2.18. The van der Waals surface area contributed by atoms with Crippen LogP contribution in [0.5, 0.6) is 0 Å². The van der Waals surface area contributed by atoms with Gasteiger partial charge in [-0.15, -0.1) is 5.10 Å². The lowest BCUT2D eigenvalue weighted by atomic mass is 10.1. The van der Waals surface area contributed by atoms with E-state index in [1.807, 2.05) is 53.2 Å². The van der Waals surface area contributed by atoms with E-state index in [1.54, 1.807) is 4.57 Å². The fourth-order valence-corrected chi connectivity index (χ4v) is 3.55. The maximum Gasteiger partial charge on any atom is 0.343 e. The molecule has 0 bridgehead atoms. The predicted molar refractivity (Wildman–Crippen MR) is 97.7 cm³/mol. The number of hydrogen-bond acceptors (Lipinski definition) is 4. The molecule has 1 N–H and O–H groups in total. The standard InChI is InChI=1S/C18H17N5OS/c24-17-20-21-18(23(17)11-9-14-6-2-1-3-7-14)25-13-15-12-22-10-5-4-8-16(22)19-15/h1-8,10,12H,9,11,13H2,(H,20,24). The molecule has 0 aliphatic carbocycles. The van der Waals surface area contributed by atoms with Gasteiger partial charge in [0.05, 0.1) is 5.69 Å². The number of benzene rings is 1. The van der Waals surface area contributed by atoms with Crippen molar-refractivity contribution in [2.45, 2.75) is 23.9 Å². The molecule has 0 fully saturated rings. The van der Waals surface area contributed by atoms with Gasteiger partial charge in [0, 0.05) is 24.7 Å². The second kappa shape index (κ2) is 6.98. The van der Waals surface area contributed by atoms with Gasteiger partial charge < -0.3 is 4.40 Å². The van der Waals surface area contributed by atoms with Crippen LogP contribution in [0.15, 0.2) is 70.9 Å². The van der Waals surface area contributed by atoms with Crippen LogP contribution in [0.4, 0.5) is 0 Å². The van der Waals surface area contributed by atoms with Crippen LogP contribution >= 0.6 is 11.8 Å². The van der Waals surface area contributed by atoms with E-state index in [1.165, 1.54) is 17.3 Å². The van der Waals surface area contributed by atoms with Gasteiger partial charge in [0.25, 0.3) is 0 Å². The second-order valence-electron chi connectivity index (χ2n) is 5.69. The lowest BCUT2D eigenvalue weighted by molar-refractivity contribution is 0.616. The van der Waals surface area contributed by atoms with E-state index < -0.39 is 0 Å². The van der Waals surface area contributed by atoms with E-state index in [2.05, 4.69) is 27.3 Å². The largest absolute Gasteiger partial charge is 0.343 e. The molecule has 0 unspecified atom stereocenters. The van der Waals surface area contributed by atoms with Gasteiger partial charge in [-0.2, -0.15) is 0 Å². The number of rotatable bonds is 6. The Balaban J connectivity index is 1.46. The molecule has 0 aliphatic rings. The number of imidazole rings is 1. The van der Waals surface area contributed by atoms with Crippen LogP contribution < -0.4 is 5.69 Å². The van der Waals surface area contributed by atoms with Crippen LogP contribution in [0.1, 0.15) is 11.3 Å². The number of pyridine rings is 1. The summed E-state index contributed by atoms with van der Waals surface area (Å²) in [4.78, 5) is 16.6. The van der Waals surface area contributed by atoms with Crippen molar-refractivity contribution in [3.63, 3.8) is 0 Å². The molecule has 3 heterocycles. The fourth-order valence-electron chi connectivity index (χ4n) is 2.69. The van der Waals surface area contributed by atoms with Crippen molar-refractivity contribution in [3.8, 4) is 0 Å². The molecule has 0 aliphatic heterocycles. The highest BCUT2D eigenvalue weighted by molar-refractivity contribution is 7.98. The summed E-state index contributed by atoms with van der Waals surface area (Å²) in [7, 11) is 0. The zero-order chi connectivity index (χ0) is 17.1. The highest BCUT2D eigenvalue weighted by atomic mass is 32.2. The van der Waals surface area contributed by atoms with Crippen molar-refractivity contribution < 1.29 is 0 Å². The SMILES string of the molecule is O=c1[nH]nc(SCc2cn3ccccc3n2)n1CCc1ccccc1. The zero-order valence-electron chi connectivity index (χ0n) is 13.5. The Labute approximate surface area is 148 Å². The smallest absolute Gasteiger partial charge is 0.307 e. The monoisotopic (exact) mass is 351 g/mol. The second-order valence-corrected chi connectivity index (χ2v) is 6.63. The van der Waals surface area contributed by atoms with Crippen LogP contribution in [0.2, 0.25) is 0 Å². The number of H-pyrrole nitrogens is 1. The third kappa shape index (κ3) is 3.51. The summed E-state index contributed by atoms with van der Waals surface area (Å²) in [5.74, 6) is 0.664. The van der Waals surface area contributed by atoms with E-state index in [0.29, 0.717) is 17.5 Å². The van der Waals surface area contributed by atoms with E-state index in [9.17, 15) is 4.79 Å². The summed E-state index contributed by atoms with van der Waals surface area (Å²) in [5.41, 5.74) is 2.91. The number of aromatic amines is 1. The fraction of sp³-hybridized carbons (Fsp3) is 0.167.